The number of nitrogens with zero attached hydrogens (tertiary/aromatic N) is 3. The highest BCUT2D eigenvalue weighted by atomic mass is 32.1. The molecule has 0 N–H and O–H groups in total. The quantitative estimate of drug-likeness (QED) is 0.816. The summed E-state index contributed by atoms with van der Waals surface area (Å²) in [5, 5.41) is 3.40. The number of aromatic nitrogens is 1. The van der Waals surface area contributed by atoms with E-state index < -0.39 is 0 Å². The molecule has 0 aromatic carbocycles. The zero-order chi connectivity index (χ0) is 12.4. The Labute approximate surface area is 112 Å². The highest BCUT2D eigenvalue weighted by molar-refractivity contribution is 7.13. The molecule has 1 aliphatic carbocycles. The number of anilines is 1. The van der Waals surface area contributed by atoms with Gasteiger partial charge in [-0.05, 0) is 25.5 Å². The first-order valence-electron chi connectivity index (χ1n) is 6.58. The molecule has 0 amide bonds. The molecule has 2 heterocycles. The van der Waals surface area contributed by atoms with Gasteiger partial charge in [0.05, 0.1) is 5.69 Å². The summed E-state index contributed by atoms with van der Waals surface area (Å²) in [5.74, 6) is 0. The van der Waals surface area contributed by atoms with Gasteiger partial charge in [-0.25, -0.2) is 4.98 Å². The SMILES string of the molecule is CN1CCN(c2nc(C3=CC=CCC3)cs2)CC1. The normalized spacial score (nSPS) is 21.2. The van der Waals surface area contributed by atoms with E-state index in [0.29, 0.717) is 0 Å². The maximum absolute atomic E-state index is 4.81. The maximum Gasteiger partial charge on any atom is 0.185 e. The number of piperazine rings is 1. The van der Waals surface area contributed by atoms with Gasteiger partial charge in [0, 0.05) is 31.6 Å². The van der Waals surface area contributed by atoms with Crippen molar-refractivity contribution in [2.75, 3.05) is 38.1 Å². The van der Waals surface area contributed by atoms with Crippen LogP contribution < -0.4 is 4.90 Å². The predicted octanol–water partition coefficient (Wildman–Crippen LogP) is 2.63. The summed E-state index contributed by atoms with van der Waals surface area (Å²) in [4.78, 5) is 9.59. The van der Waals surface area contributed by atoms with Crippen LogP contribution in [0.25, 0.3) is 5.57 Å². The van der Waals surface area contributed by atoms with Gasteiger partial charge in [0.2, 0.25) is 0 Å². The van der Waals surface area contributed by atoms with Crippen molar-refractivity contribution >= 4 is 22.0 Å². The molecule has 0 saturated carbocycles. The molecule has 18 heavy (non-hydrogen) atoms. The van der Waals surface area contributed by atoms with Crippen molar-refractivity contribution in [3.8, 4) is 0 Å². The van der Waals surface area contributed by atoms with E-state index in [1.165, 1.54) is 16.4 Å². The molecule has 0 atom stereocenters. The third kappa shape index (κ3) is 2.49. The van der Waals surface area contributed by atoms with E-state index in [0.717, 1.165) is 39.0 Å². The largest absolute Gasteiger partial charge is 0.346 e. The fraction of sp³-hybridized carbons (Fsp3) is 0.500. The molecule has 3 rings (SSSR count). The van der Waals surface area contributed by atoms with Gasteiger partial charge in [0.25, 0.3) is 0 Å². The molecule has 0 spiro atoms. The van der Waals surface area contributed by atoms with Crippen molar-refractivity contribution in [3.63, 3.8) is 0 Å². The minimum atomic E-state index is 1.10. The lowest BCUT2D eigenvalue weighted by Gasteiger charge is -2.32. The molecular weight excluding hydrogens is 242 g/mol. The van der Waals surface area contributed by atoms with Gasteiger partial charge in [0.1, 0.15) is 0 Å². The lowest BCUT2D eigenvalue weighted by atomic mass is 10.0. The van der Waals surface area contributed by atoms with Crippen LogP contribution in [-0.2, 0) is 0 Å². The summed E-state index contributed by atoms with van der Waals surface area (Å²) < 4.78 is 0. The second-order valence-corrected chi connectivity index (χ2v) is 5.80. The molecule has 1 saturated heterocycles. The molecule has 3 nitrogen and oxygen atoms in total. The van der Waals surface area contributed by atoms with Crippen LogP contribution in [0.15, 0.2) is 23.6 Å². The Morgan fingerprint density at radius 1 is 1.22 bits per heavy atom. The summed E-state index contributed by atoms with van der Waals surface area (Å²) in [6, 6.07) is 0. The van der Waals surface area contributed by atoms with Crippen LogP contribution in [0.5, 0.6) is 0 Å². The Morgan fingerprint density at radius 3 is 2.78 bits per heavy atom. The van der Waals surface area contributed by atoms with E-state index in [9.17, 15) is 0 Å². The van der Waals surface area contributed by atoms with Crippen LogP contribution in [0.3, 0.4) is 0 Å². The minimum Gasteiger partial charge on any atom is -0.346 e. The van der Waals surface area contributed by atoms with Crippen LogP contribution in [0, 0.1) is 0 Å². The Kier molecular flexibility index (Phi) is 3.48. The topological polar surface area (TPSA) is 19.4 Å². The van der Waals surface area contributed by atoms with E-state index in [4.69, 9.17) is 4.98 Å². The summed E-state index contributed by atoms with van der Waals surface area (Å²) >= 11 is 1.78. The average molecular weight is 261 g/mol. The molecular formula is C14H19N3S. The molecule has 1 aromatic rings. The highest BCUT2D eigenvalue weighted by Gasteiger charge is 2.17. The van der Waals surface area contributed by atoms with Crippen LogP contribution >= 0.6 is 11.3 Å². The summed E-state index contributed by atoms with van der Waals surface area (Å²) in [6.07, 6.45) is 8.84. The van der Waals surface area contributed by atoms with Crippen molar-refractivity contribution in [2.45, 2.75) is 12.8 Å². The first kappa shape index (κ1) is 11.9. The molecule has 0 bridgehead atoms. The lowest BCUT2D eigenvalue weighted by molar-refractivity contribution is 0.312. The predicted molar refractivity (Wildman–Crippen MR) is 78.2 cm³/mol. The van der Waals surface area contributed by atoms with Gasteiger partial charge in [-0.15, -0.1) is 11.3 Å². The number of rotatable bonds is 2. The molecule has 1 aliphatic heterocycles. The molecule has 2 aliphatic rings. The Bertz CT molecular complexity index is 467. The van der Waals surface area contributed by atoms with Gasteiger partial charge < -0.3 is 9.80 Å². The number of thiazole rings is 1. The number of hydrogen-bond donors (Lipinski definition) is 0. The number of hydrogen-bond acceptors (Lipinski definition) is 4. The monoisotopic (exact) mass is 261 g/mol. The highest BCUT2D eigenvalue weighted by Crippen LogP contribution is 2.29. The lowest BCUT2D eigenvalue weighted by Crippen LogP contribution is -2.44. The standard InChI is InChI=1S/C14H19N3S/c1-16-7-9-17(10-8-16)14-15-13(11-18-14)12-5-3-2-4-6-12/h2-3,5,11H,4,6-10H2,1H3. The van der Waals surface area contributed by atoms with Crippen molar-refractivity contribution in [3.05, 3.63) is 29.3 Å². The molecule has 0 radical (unpaired) electrons. The first-order chi connectivity index (χ1) is 8.83. The van der Waals surface area contributed by atoms with Gasteiger partial charge in [0.15, 0.2) is 5.13 Å². The molecule has 4 heteroatoms. The molecule has 0 unspecified atom stereocenters. The van der Waals surface area contributed by atoms with Crippen LogP contribution in [0.4, 0.5) is 5.13 Å². The third-order valence-corrected chi connectivity index (χ3v) is 4.51. The van der Waals surface area contributed by atoms with Crippen LogP contribution in [0.1, 0.15) is 18.5 Å². The van der Waals surface area contributed by atoms with E-state index in [1.807, 2.05) is 0 Å². The Balaban J connectivity index is 1.73. The van der Waals surface area contributed by atoms with E-state index in [1.54, 1.807) is 11.3 Å². The van der Waals surface area contributed by atoms with Gasteiger partial charge in [-0.1, -0.05) is 18.2 Å². The fourth-order valence-corrected chi connectivity index (χ4v) is 3.27. The van der Waals surface area contributed by atoms with E-state index >= 15 is 0 Å². The van der Waals surface area contributed by atoms with Gasteiger partial charge >= 0.3 is 0 Å². The Hall–Kier alpha value is -1.13. The smallest absolute Gasteiger partial charge is 0.185 e. The maximum atomic E-state index is 4.81. The fourth-order valence-electron chi connectivity index (χ4n) is 2.37. The summed E-state index contributed by atoms with van der Waals surface area (Å²) in [6.45, 7) is 4.48. The number of likely N-dealkylation sites (N-methyl/N-ethyl adjacent to an activating group) is 1. The van der Waals surface area contributed by atoms with Gasteiger partial charge in [-0.2, -0.15) is 0 Å². The second-order valence-electron chi connectivity index (χ2n) is 4.96. The molecule has 1 fully saturated rings. The van der Waals surface area contributed by atoms with Crippen molar-refractivity contribution in [2.24, 2.45) is 0 Å². The zero-order valence-electron chi connectivity index (χ0n) is 10.8. The van der Waals surface area contributed by atoms with Crippen LogP contribution in [-0.4, -0.2) is 43.1 Å². The summed E-state index contributed by atoms with van der Waals surface area (Å²) in [5.41, 5.74) is 2.56. The average Bonchev–Trinajstić information content (AvgIpc) is 2.90. The van der Waals surface area contributed by atoms with Crippen molar-refractivity contribution < 1.29 is 0 Å². The summed E-state index contributed by atoms with van der Waals surface area (Å²) in [7, 11) is 2.18. The van der Waals surface area contributed by atoms with E-state index in [-0.39, 0.29) is 0 Å². The van der Waals surface area contributed by atoms with Crippen LogP contribution in [0.2, 0.25) is 0 Å². The number of allylic oxidation sites excluding steroid dienone is 4. The molecule has 96 valence electrons. The zero-order valence-corrected chi connectivity index (χ0v) is 11.6. The third-order valence-electron chi connectivity index (χ3n) is 3.61. The van der Waals surface area contributed by atoms with Gasteiger partial charge in [-0.3, -0.25) is 0 Å². The second kappa shape index (κ2) is 5.24. The van der Waals surface area contributed by atoms with E-state index in [2.05, 4.69) is 40.5 Å². The Morgan fingerprint density at radius 2 is 2.06 bits per heavy atom. The van der Waals surface area contributed by atoms with Crippen molar-refractivity contribution in [1.82, 2.24) is 9.88 Å². The minimum absolute atomic E-state index is 1.10. The van der Waals surface area contributed by atoms with Crippen molar-refractivity contribution in [1.29, 1.82) is 0 Å². The first-order valence-corrected chi connectivity index (χ1v) is 7.46. The molecule has 1 aromatic heterocycles.